The third kappa shape index (κ3) is 2.82. The SMILES string of the molecule is C[C@@]1(C(N)=O)CCCN1c1cccc(O)c1.Cl.Cl. The average molecular weight is 293 g/mol. The predicted octanol–water partition coefficient (Wildman–Crippen LogP) is 2.08. The second-order valence-corrected chi connectivity index (χ2v) is 4.41. The number of anilines is 1. The number of rotatable bonds is 2. The van der Waals surface area contributed by atoms with E-state index in [9.17, 15) is 9.90 Å². The van der Waals surface area contributed by atoms with E-state index < -0.39 is 5.54 Å². The molecule has 0 saturated carbocycles. The fraction of sp³-hybridized carbons (Fsp3) is 0.417. The van der Waals surface area contributed by atoms with E-state index in [1.165, 1.54) is 0 Å². The fourth-order valence-corrected chi connectivity index (χ4v) is 2.29. The molecule has 2 rings (SSSR count). The van der Waals surface area contributed by atoms with Gasteiger partial charge in [0.1, 0.15) is 11.3 Å². The van der Waals surface area contributed by atoms with Crippen molar-refractivity contribution >= 4 is 36.4 Å². The standard InChI is InChI=1S/C12H16N2O2.2ClH/c1-12(11(13)16)6-3-7-14(12)9-4-2-5-10(15)8-9;;/h2,4-5,8,15H,3,6-7H2,1H3,(H2,13,16);2*1H/t12-;;/m0../s1. The van der Waals surface area contributed by atoms with Gasteiger partial charge in [0.15, 0.2) is 0 Å². The van der Waals surface area contributed by atoms with Crippen molar-refractivity contribution in [2.24, 2.45) is 5.73 Å². The third-order valence-corrected chi connectivity index (χ3v) is 3.31. The van der Waals surface area contributed by atoms with E-state index in [0.717, 1.165) is 25.1 Å². The highest BCUT2D eigenvalue weighted by Crippen LogP contribution is 2.34. The molecule has 1 aliphatic rings. The Kier molecular flexibility index (Phi) is 5.77. The zero-order valence-electron chi connectivity index (χ0n) is 10.1. The minimum absolute atomic E-state index is 0. The molecule has 1 aromatic rings. The van der Waals surface area contributed by atoms with Crippen LogP contribution in [0.25, 0.3) is 0 Å². The maximum absolute atomic E-state index is 11.5. The highest BCUT2D eigenvalue weighted by atomic mass is 35.5. The molecule has 4 nitrogen and oxygen atoms in total. The number of hydrogen-bond acceptors (Lipinski definition) is 3. The summed E-state index contributed by atoms with van der Waals surface area (Å²) in [6, 6.07) is 6.92. The van der Waals surface area contributed by atoms with Crippen molar-refractivity contribution in [3.8, 4) is 5.75 Å². The summed E-state index contributed by atoms with van der Waals surface area (Å²) >= 11 is 0. The Bertz CT molecular complexity index is 428. The lowest BCUT2D eigenvalue weighted by Crippen LogP contribution is -2.51. The number of nitrogens with zero attached hydrogens (tertiary/aromatic N) is 1. The number of phenolic OH excluding ortho intramolecular Hbond substituents is 1. The van der Waals surface area contributed by atoms with Crippen LogP contribution < -0.4 is 10.6 Å². The number of carbonyl (C=O) groups is 1. The second-order valence-electron chi connectivity index (χ2n) is 4.41. The van der Waals surface area contributed by atoms with Crippen LogP contribution in [0.2, 0.25) is 0 Å². The average Bonchev–Trinajstić information content (AvgIpc) is 2.62. The normalized spacial score (nSPS) is 21.9. The van der Waals surface area contributed by atoms with Crippen LogP contribution in [0.15, 0.2) is 24.3 Å². The van der Waals surface area contributed by atoms with Crippen LogP contribution in [0.5, 0.6) is 5.75 Å². The quantitative estimate of drug-likeness (QED) is 0.877. The molecule has 1 atom stereocenters. The molecular weight excluding hydrogens is 275 g/mol. The van der Waals surface area contributed by atoms with E-state index >= 15 is 0 Å². The number of amides is 1. The summed E-state index contributed by atoms with van der Waals surface area (Å²) < 4.78 is 0. The molecule has 1 aliphatic heterocycles. The molecule has 0 unspecified atom stereocenters. The van der Waals surface area contributed by atoms with Gasteiger partial charge in [-0.3, -0.25) is 4.79 Å². The summed E-state index contributed by atoms with van der Waals surface area (Å²) in [4.78, 5) is 13.5. The molecule has 1 fully saturated rings. The van der Waals surface area contributed by atoms with Gasteiger partial charge >= 0.3 is 0 Å². The summed E-state index contributed by atoms with van der Waals surface area (Å²) in [5.74, 6) is -0.107. The van der Waals surface area contributed by atoms with Gasteiger partial charge in [0, 0.05) is 18.3 Å². The Labute approximate surface area is 119 Å². The molecule has 1 saturated heterocycles. The van der Waals surface area contributed by atoms with Crippen LogP contribution in [0.3, 0.4) is 0 Å². The minimum atomic E-state index is -0.631. The molecule has 0 bridgehead atoms. The van der Waals surface area contributed by atoms with Gasteiger partial charge in [-0.15, -0.1) is 24.8 Å². The first kappa shape index (κ1) is 16.9. The summed E-state index contributed by atoms with van der Waals surface area (Å²) in [5.41, 5.74) is 5.67. The topological polar surface area (TPSA) is 66.6 Å². The summed E-state index contributed by atoms with van der Waals surface area (Å²) in [7, 11) is 0. The Morgan fingerprint density at radius 1 is 1.44 bits per heavy atom. The molecule has 1 heterocycles. The molecule has 0 aliphatic carbocycles. The molecule has 0 aromatic heterocycles. The molecule has 0 radical (unpaired) electrons. The summed E-state index contributed by atoms with van der Waals surface area (Å²) in [6.07, 6.45) is 1.70. The first-order chi connectivity index (χ1) is 7.54. The van der Waals surface area contributed by atoms with E-state index in [1.54, 1.807) is 18.2 Å². The minimum Gasteiger partial charge on any atom is -0.508 e. The van der Waals surface area contributed by atoms with Crippen LogP contribution in [0.4, 0.5) is 5.69 Å². The summed E-state index contributed by atoms with van der Waals surface area (Å²) in [6.45, 7) is 2.65. The number of nitrogens with two attached hydrogens (primary N) is 1. The molecule has 3 N–H and O–H groups in total. The second kappa shape index (κ2) is 6.16. The Morgan fingerprint density at radius 3 is 2.67 bits per heavy atom. The van der Waals surface area contributed by atoms with Crippen LogP contribution in [0, 0.1) is 0 Å². The Balaban J connectivity index is 0.00000144. The zero-order chi connectivity index (χ0) is 11.8. The van der Waals surface area contributed by atoms with Gasteiger partial charge in [-0.1, -0.05) is 6.07 Å². The summed E-state index contributed by atoms with van der Waals surface area (Å²) in [5, 5.41) is 9.44. The Morgan fingerprint density at radius 2 is 2.11 bits per heavy atom. The fourth-order valence-electron chi connectivity index (χ4n) is 2.29. The van der Waals surface area contributed by atoms with Gasteiger partial charge in [-0.05, 0) is 31.9 Å². The number of aromatic hydroxyl groups is 1. The van der Waals surface area contributed by atoms with Crippen molar-refractivity contribution in [3.63, 3.8) is 0 Å². The number of phenols is 1. The molecule has 1 aromatic carbocycles. The lowest BCUT2D eigenvalue weighted by Gasteiger charge is -2.34. The monoisotopic (exact) mass is 292 g/mol. The van der Waals surface area contributed by atoms with Crippen LogP contribution in [0.1, 0.15) is 19.8 Å². The van der Waals surface area contributed by atoms with E-state index in [1.807, 2.05) is 17.9 Å². The largest absolute Gasteiger partial charge is 0.508 e. The number of primary amides is 1. The maximum atomic E-state index is 11.5. The van der Waals surface area contributed by atoms with E-state index in [0.29, 0.717) is 0 Å². The smallest absolute Gasteiger partial charge is 0.243 e. The zero-order valence-corrected chi connectivity index (χ0v) is 11.8. The maximum Gasteiger partial charge on any atom is 0.243 e. The van der Waals surface area contributed by atoms with Gasteiger partial charge in [0.2, 0.25) is 5.91 Å². The molecule has 102 valence electrons. The number of halogens is 2. The lowest BCUT2D eigenvalue weighted by molar-refractivity contribution is -0.122. The van der Waals surface area contributed by atoms with Gasteiger partial charge in [0.25, 0.3) is 0 Å². The molecule has 0 spiro atoms. The van der Waals surface area contributed by atoms with Crippen LogP contribution >= 0.6 is 24.8 Å². The van der Waals surface area contributed by atoms with Crippen LogP contribution in [-0.2, 0) is 4.79 Å². The van der Waals surface area contributed by atoms with Gasteiger partial charge in [-0.2, -0.15) is 0 Å². The molecule has 6 heteroatoms. The van der Waals surface area contributed by atoms with Gasteiger partial charge < -0.3 is 15.7 Å². The first-order valence-electron chi connectivity index (χ1n) is 5.40. The van der Waals surface area contributed by atoms with Crippen molar-refractivity contribution in [2.45, 2.75) is 25.3 Å². The number of hydrogen-bond donors (Lipinski definition) is 2. The molecular formula is C12H18Cl2N2O2. The molecule has 1 amide bonds. The van der Waals surface area contributed by atoms with Crippen LogP contribution in [-0.4, -0.2) is 23.1 Å². The predicted molar refractivity (Wildman–Crippen MR) is 76.8 cm³/mol. The highest BCUT2D eigenvalue weighted by Gasteiger charge is 2.41. The third-order valence-electron chi connectivity index (χ3n) is 3.31. The van der Waals surface area contributed by atoms with Crippen molar-refractivity contribution in [1.82, 2.24) is 0 Å². The van der Waals surface area contributed by atoms with Crippen molar-refractivity contribution in [3.05, 3.63) is 24.3 Å². The van der Waals surface area contributed by atoms with Crippen molar-refractivity contribution < 1.29 is 9.90 Å². The van der Waals surface area contributed by atoms with Gasteiger partial charge in [-0.25, -0.2) is 0 Å². The number of carbonyl (C=O) groups excluding carboxylic acids is 1. The highest BCUT2D eigenvalue weighted by molar-refractivity contribution is 5.89. The Hall–Kier alpha value is -1.13. The van der Waals surface area contributed by atoms with E-state index in [2.05, 4.69) is 0 Å². The van der Waals surface area contributed by atoms with Crippen molar-refractivity contribution in [2.75, 3.05) is 11.4 Å². The lowest BCUT2D eigenvalue weighted by atomic mass is 9.97. The number of benzene rings is 1. The first-order valence-corrected chi connectivity index (χ1v) is 5.40. The van der Waals surface area contributed by atoms with E-state index in [-0.39, 0.29) is 36.5 Å². The van der Waals surface area contributed by atoms with Gasteiger partial charge in [0.05, 0.1) is 0 Å². The van der Waals surface area contributed by atoms with Crippen molar-refractivity contribution in [1.29, 1.82) is 0 Å². The molecule has 18 heavy (non-hydrogen) atoms. The van der Waals surface area contributed by atoms with E-state index in [4.69, 9.17) is 5.73 Å².